The first kappa shape index (κ1) is 22.4. The second kappa shape index (κ2) is 10.1. The molecule has 0 aliphatic carbocycles. The van der Waals surface area contributed by atoms with Crippen molar-refractivity contribution in [2.24, 2.45) is 0 Å². The predicted octanol–water partition coefficient (Wildman–Crippen LogP) is 3.02. The Bertz CT molecular complexity index is 828. The van der Waals surface area contributed by atoms with E-state index in [1.807, 2.05) is 26.8 Å². The Morgan fingerprint density at radius 2 is 2.07 bits per heavy atom. The largest absolute Gasteiger partial charge is 0.379 e. The molecule has 1 fully saturated rings. The van der Waals surface area contributed by atoms with Crippen LogP contribution in [-0.2, 0) is 21.4 Å². The van der Waals surface area contributed by atoms with E-state index in [-0.39, 0.29) is 23.2 Å². The van der Waals surface area contributed by atoms with Crippen molar-refractivity contribution in [2.75, 3.05) is 32.8 Å². The lowest BCUT2D eigenvalue weighted by molar-refractivity contribution is -0.121. The predicted molar refractivity (Wildman–Crippen MR) is 110 cm³/mol. The van der Waals surface area contributed by atoms with Crippen LogP contribution in [0, 0.1) is 5.82 Å². The molecule has 1 unspecified atom stereocenters. The van der Waals surface area contributed by atoms with Gasteiger partial charge < -0.3 is 14.6 Å². The fourth-order valence-electron chi connectivity index (χ4n) is 3.42. The van der Waals surface area contributed by atoms with Crippen LogP contribution in [0.1, 0.15) is 56.9 Å². The molecule has 1 N–H and O–H groups in total. The highest BCUT2D eigenvalue weighted by Gasteiger charge is 2.24. The van der Waals surface area contributed by atoms with Crippen molar-refractivity contribution >= 4 is 5.91 Å². The van der Waals surface area contributed by atoms with Gasteiger partial charge in [-0.05, 0) is 24.1 Å². The molecule has 7 nitrogen and oxygen atoms in total. The zero-order valence-corrected chi connectivity index (χ0v) is 18.0. The summed E-state index contributed by atoms with van der Waals surface area (Å²) in [6.07, 6.45) is 1.55. The number of morpholine rings is 1. The van der Waals surface area contributed by atoms with E-state index in [0.29, 0.717) is 50.7 Å². The van der Waals surface area contributed by atoms with Crippen LogP contribution < -0.4 is 5.32 Å². The van der Waals surface area contributed by atoms with Crippen LogP contribution in [0.25, 0.3) is 0 Å². The third kappa shape index (κ3) is 6.34. The Kier molecular flexibility index (Phi) is 7.55. The number of carbonyl (C=O) groups excluding carboxylic acids is 1. The number of benzene rings is 1. The number of aromatic nitrogens is 2. The maximum atomic E-state index is 13.7. The number of hydrogen-bond acceptors (Lipinski definition) is 6. The SMILES string of the molecule is CC(C)(C)c1noc(CCCC(=O)NCC(c2cccc(F)c2)N2CCOCC2)n1. The van der Waals surface area contributed by atoms with Gasteiger partial charge in [-0.2, -0.15) is 4.98 Å². The van der Waals surface area contributed by atoms with Gasteiger partial charge in [0, 0.05) is 37.9 Å². The molecule has 1 saturated heterocycles. The van der Waals surface area contributed by atoms with Crippen LogP contribution >= 0.6 is 0 Å². The van der Waals surface area contributed by atoms with Crippen molar-refractivity contribution in [3.8, 4) is 0 Å². The lowest BCUT2D eigenvalue weighted by Crippen LogP contribution is -2.43. The molecule has 2 heterocycles. The first-order valence-corrected chi connectivity index (χ1v) is 10.5. The molecule has 1 aromatic carbocycles. The number of hydrogen-bond donors (Lipinski definition) is 1. The van der Waals surface area contributed by atoms with Crippen LogP contribution in [0.4, 0.5) is 4.39 Å². The molecule has 2 aromatic rings. The maximum absolute atomic E-state index is 13.7. The van der Waals surface area contributed by atoms with E-state index in [9.17, 15) is 9.18 Å². The van der Waals surface area contributed by atoms with Gasteiger partial charge >= 0.3 is 0 Å². The Labute approximate surface area is 177 Å². The van der Waals surface area contributed by atoms with E-state index < -0.39 is 0 Å². The Morgan fingerprint density at radius 3 is 2.73 bits per heavy atom. The maximum Gasteiger partial charge on any atom is 0.226 e. The second-order valence-corrected chi connectivity index (χ2v) is 8.64. The molecule has 1 aliphatic rings. The van der Waals surface area contributed by atoms with Crippen LogP contribution in [0.3, 0.4) is 0 Å². The minimum absolute atomic E-state index is 0.0415. The normalized spacial score (nSPS) is 16.4. The molecule has 164 valence electrons. The minimum atomic E-state index is -0.272. The molecule has 0 bridgehead atoms. The summed E-state index contributed by atoms with van der Waals surface area (Å²) in [5.41, 5.74) is 0.697. The van der Waals surface area contributed by atoms with Gasteiger partial charge in [-0.25, -0.2) is 4.39 Å². The summed E-state index contributed by atoms with van der Waals surface area (Å²) in [5.74, 6) is 0.913. The van der Waals surface area contributed by atoms with E-state index in [4.69, 9.17) is 9.26 Å². The van der Waals surface area contributed by atoms with Gasteiger partial charge in [0.2, 0.25) is 11.8 Å². The average molecular weight is 419 g/mol. The van der Waals surface area contributed by atoms with Gasteiger partial charge in [0.15, 0.2) is 5.82 Å². The fraction of sp³-hybridized carbons (Fsp3) is 0.591. The van der Waals surface area contributed by atoms with Gasteiger partial charge in [-0.3, -0.25) is 9.69 Å². The standard InChI is InChI=1S/C22H31FN4O3/c1-22(2,3)21-25-20(30-26-21)9-5-8-19(28)24-15-18(27-10-12-29-13-11-27)16-6-4-7-17(23)14-16/h4,6-7,14,18H,5,8-13,15H2,1-3H3,(H,24,28). The van der Waals surface area contributed by atoms with Crippen molar-refractivity contribution < 1.29 is 18.4 Å². The Hall–Kier alpha value is -2.32. The lowest BCUT2D eigenvalue weighted by Gasteiger charge is -2.35. The van der Waals surface area contributed by atoms with E-state index in [1.54, 1.807) is 6.07 Å². The number of amides is 1. The molecule has 0 radical (unpaired) electrons. The molecule has 1 atom stereocenters. The Morgan fingerprint density at radius 1 is 1.30 bits per heavy atom. The highest BCUT2D eigenvalue weighted by atomic mass is 19.1. The molecular formula is C22H31FN4O3. The van der Waals surface area contributed by atoms with Crippen LogP contribution in [0.2, 0.25) is 0 Å². The van der Waals surface area contributed by atoms with Crippen LogP contribution in [-0.4, -0.2) is 53.8 Å². The van der Waals surface area contributed by atoms with Crippen molar-refractivity contribution in [3.05, 3.63) is 47.4 Å². The molecule has 0 saturated carbocycles. The van der Waals surface area contributed by atoms with E-state index >= 15 is 0 Å². The van der Waals surface area contributed by atoms with Crippen LogP contribution in [0.15, 0.2) is 28.8 Å². The minimum Gasteiger partial charge on any atom is -0.379 e. The van der Waals surface area contributed by atoms with Gasteiger partial charge in [0.1, 0.15) is 5.82 Å². The lowest BCUT2D eigenvalue weighted by atomic mass is 9.96. The van der Waals surface area contributed by atoms with Crippen molar-refractivity contribution in [1.29, 1.82) is 0 Å². The topological polar surface area (TPSA) is 80.5 Å². The summed E-state index contributed by atoms with van der Waals surface area (Å²) in [6.45, 7) is 9.29. The number of aryl methyl sites for hydroxylation is 1. The first-order chi connectivity index (χ1) is 14.3. The number of nitrogens with one attached hydrogen (secondary N) is 1. The molecule has 1 aliphatic heterocycles. The Balaban J connectivity index is 1.51. The number of carbonyl (C=O) groups is 1. The smallest absolute Gasteiger partial charge is 0.226 e. The molecule has 0 spiro atoms. The summed E-state index contributed by atoms with van der Waals surface area (Å²) in [7, 11) is 0. The molecular weight excluding hydrogens is 387 g/mol. The highest BCUT2D eigenvalue weighted by molar-refractivity contribution is 5.75. The third-order valence-corrected chi connectivity index (χ3v) is 5.15. The molecule has 8 heteroatoms. The highest BCUT2D eigenvalue weighted by Crippen LogP contribution is 2.22. The van der Waals surface area contributed by atoms with Crippen molar-refractivity contribution in [3.63, 3.8) is 0 Å². The number of rotatable bonds is 8. The van der Waals surface area contributed by atoms with Crippen molar-refractivity contribution in [2.45, 2.75) is 51.5 Å². The zero-order valence-electron chi connectivity index (χ0n) is 18.0. The summed E-state index contributed by atoms with van der Waals surface area (Å²) in [6, 6.07) is 6.49. The molecule has 30 heavy (non-hydrogen) atoms. The van der Waals surface area contributed by atoms with Gasteiger partial charge in [-0.15, -0.1) is 0 Å². The monoisotopic (exact) mass is 418 g/mol. The van der Waals surface area contributed by atoms with Gasteiger partial charge in [0.25, 0.3) is 0 Å². The number of ether oxygens (including phenoxy) is 1. The summed E-state index contributed by atoms with van der Waals surface area (Å²) < 4.78 is 24.4. The van der Waals surface area contributed by atoms with Crippen LogP contribution in [0.5, 0.6) is 0 Å². The number of nitrogens with zero attached hydrogens (tertiary/aromatic N) is 3. The van der Waals surface area contributed by atoms with Gasteiger partial charge in [-0.1, -0.05) is 38.1 Å². The summed E-state index contributed by atoms with van der Waals surface area (Å²) in [4.78, 5) is 19.0. The van der Waals surface area contributed by atoms with E-state index in [1.165, 1.54) is 12.1 Å². The second-order valence-electron chi connectivity index (χ2n) is 8.64. The summed E-state index contributed by atoms with van der Waals surface area (Å²) >= 11 is 0. The van der Waals surface area contributed by atoms with Crippen molar-refractivity contribution in [1.82, 2.24) is 20.4 Å². The molecule has 1 amide bonds. The van der Waals surface area contributed by atoms with Gasteiger partial charge in [0.05, 0.1) is 19.3 Å². The van der Waals surface area contributed by atoms with E-state index in [2.05, 4.69) is 20.4 Å². The first-order valence-electron chi connectivity index (χ1n) is 10.5. The average Bonchev–Trinajstić information content (AvgIpc) is 3.19. The quantitative estimate of drug-likeness (QED) is 0.710. The molecule has 1 aromatic heterocycles. The summed E-state index contributed by atoms with van der Waals surface area (Å²) in [5, 5.41) is 7.01. The zero-order chi connectivity index (χ0) is 21.6. The third-order valence-electron chi connectivity index (χ3n) is 5.15. The number of halogens is 1. The fourth-order valence-corrected chi connectivity index (χ4v) is 3.42. The van der Waals surface area contributed by atoms with E-state index in [0.717, 1.165) is 18.7 Å². The molecule has 3 rings (SSSR count).